The van der Waals surface area contributed by atoms with Crippen LogP contribution in [-0.2, 0) is 11.2 Å². The molecule has 1 N–H and O–H groups in total. The third-order valence-corrected chi connectivity index (χ3v) is 3.80. The van der Waals surface area contributed by atoms with Crippen molar-refractivity contribution in [2.24, 2.45) is 0 Å². The van der Waals surface area contributed by atoms with Gasteiger partial charge in [0.1, 0.15) is 5.75 Å². The maximum Gasteiger partial charge on any atom is 0.258 e. The molecular weight excluding hydrogens is 252 g/mol. The Morgan fingerprint density at radius 1 is 1.35 bits per heavy atom. The van der Waals surface area contributed by atoms with Gasteiger partial charge < -0.3 is 15.0 Å². The van der Waals surface area contributed by atoms with Crippen LogP contribution in [-0.4, -0.2) is 43.6 Å². The first kappa shape index (κ1) is 14.9. The number of piperidine rings is 1. The van der Waals surface area contributed by atoms with Crippen LogP contribution < -0.4 is 10.1 Å². The fourth-order valence-electron chi connectivity index (χ4n) is 2.50. The number of aryl methyl sites for hydroxylation is 1. The van der Waals surface area contributed by atoms with E-state index in [-0.39, 0.29) is 12.5 Å². The third kappa shape index (κ3) is 4.23. The van der Waals surface area contributed by atoms with E-state index in [0.717, 1.165) is 43.7 Å². The Morgan fingerprint density at radius 2 is 2.05 bits per heavy atom. The first-order valence-corrected chi connectivity index (χ1v) is 7.37. The zero-order chi connectivity index (χ0) is 14.4. The quantitative estimate of drug-likeness (QED) is 0.892. The molecule has 1 heterocycles. The number of benzene rings is 1. The van der Waals surface area contributed by atoms with E-state index in [1.54, 1.807) is 0 Å². The lowest BCUT2D eigenvalue weighted by atomic mass is 10.1. The Labute approximate surface area is 121 Å². The first-order chi connectivity index (χ1) is 9.69. The molecule has 110 valence electrons. The number of carbonyl (C=O) groups excluding carboxylic acids is 1. The summed E-state index contributed by atoms with van der Waals surface area (Å²) in [7, 11) is 2.11. The lowest BCUT2D eigenvalue weighted by molar-refractivity contribution is -0.124. The number of likely N-dealkylation sites (tertiary alicyclic amines) is 1. The van der Waals surface area contributed by atoms with Gasteiger partial charge in [-0.05, 0) is 51.0 Å². The number of para-hydroxylation sites is 1. The van der Waals surface area contributed by atoms with Crippen LogP contribution in [0.15, 0.2) is 24.3 Å². The molecule has 0 atom stereocenters. The summed E-state index contributed by atoms with van der Waals surface area (Å²) >= 11 is 0. The number of ether oxygens (including phenoxy) is 1. The summed E-state index contributed by atoms with van der Waals surface area (Å²) in [5.41, 5.74) is 1.14. The summed E-state index contributed by atoms with van der Waals surface area (Å²) in [6.45, 7) is 4.28. The molecule has 1 aromatic rings. The smallest absolute Gasteiger partial charge is 0.258 e. The van der Waals surface area contributed by atoms with Crippen molar-refractivity contribution in [2.45, 2.75) is 32.2 Å². The topological polar surface area (TPSA) is 41.6 Å². The van der Waals surface area contributed by atoms with Crippen molar-refractivity contribution in [1.82, 2.24) is 10.2 Å². The lowest BCUT2D eigenvalue weighted by Crippen LogP contribution is -2.44. The highest BCUT2D eigenvalue weighted by Crippen LogP contribution is 2.18. The van der Waals surface area contributed by atoms with Crippen molar-refractivity contribution in [2.75, 3.05) is 26.7 Å². The van der Waals surface area contributed by atoms with Crippen molar-refractivity contribution < 1.29 is 9.53 Å². The minimum atomic E-state index is -0.0227. The highest BCUT2D eigenvalue weighted by atomic mass is 16.5. The van der Waals surface area contributed by atoms with Gasteiger partial charge in [0.25, 0.3) is 5.91 Å². The Balaban J connectivity index is 1.77. The summed E-state index contributed by atoms with van der Waals surface area (Å²) in [6.07, 6.45) is 2.95. The summed E-state index contributed by atoms with van der Waals surface area (Å²) in [5, 5.41) is 3.06. The van der Waals surface area contributed by atoms with Crippen molar-refractivity contribution in [3.05, 3.63) is 29.8 Å². The Hall–Kier alpha value is -1.55. The zero-order valence-corrected chi connectivity index (χ0v) is 12.4. The molecule has 1 saturated heterocycles. The lowest BCUT2D eigenvalue weighted by Gasteiger charge is -2.29. The third-order valence-electron chi connectivity index (χ3n) is 3.80. The zero-order valence-electron chi connectivity index (χ0n) is 12.4. The van der Waals surface area contributed by atoms with E-state index in [0.29, 0.717) is 6.04 Å². The Bertz CT molecular complexity index is 440. The van der Waals surface area contributed by atoms with Gasteiger partial charge in [0.2, 0.25) is 0 Å². The first-order valence-electron chi connectivity index (χ1n) is 7.37. The van der Waals surface area contributed by atoms with E-state index in [9.17, 15) is 4.79 Å². The number of hydrogen-bond donors (Lipinski definition) is 1. The predicted octanol–water partition coefficient (Wildman–Crippen LogP) is 1.84. The van der Waals surface area contributed by atoms with Gasteiger partial charge in [-0.15, -0.1) is 0 Å². The fourth-order valence-corrected chi connectivity index (χ4v) is 2.50. The number of amides is 1. The molecule has 0 bridgehead atoms. The maximum atomic E-state index is 11.9. The molecule has 0 aliphatic carbocycles. The second-order valence-electron chi connectivity index (χ2n) is 5.40. The summed E-state index contributed by atoms with van der Waals surface area (Å²) in [5.74, 6) is 0.791. The number of rotatable bonds is 5. The normalized spacial score (nSPS) is 16.9. The predicted molar refractivity (Wildman–Crippen MR) is 80.0 cm³/mol. The fraction of sp³-hybridized carbons (Fsp3) is 0.562. The van der Waals surface area contributed by atoms with E-state index in [1.807, 2.05) is 24.3 Å². The molecule has 0 spiro atoms. The monoisotopic (exact) mass is 276 g/mol. The molecule has 0 radical (unpaired) electrons. The standard InChI is InChI=1S/C16H24N2O2/c1-3-13-6-4-5-7-15(13)20-12-16(19)17-14-8-10-18(2)11-9-14/h4-7,14H,3,8-12H2,1-2H3,(H,17,19). The SMILES string of the molecule is CCc1ccccc1OCC(=O)NC1CCN(C)CC1. The van der Waals surface area contributed by atoms with Crippen molar-refractivity contribution in [1.29, 1.82) is 0 Å². The van der Waals surface area contributed by atoms with Crippen LogP contribution in [0.5, 0.6) is 5.75 Å². The maximum absolute atomic E-state index is 11.9. The van der Waals surface area contributed by atoms with Gasteiger partial charge in [-0.25, -0.2) is 0 Å². The molecule has 0 saturated carbocycles. The van der Waals surface area contributed by atoms with Crippen LogP contribution in [0.4, 0.5) is 0 Å². The van der Waals surface area contributed by atoms with Crippen molar-refractivity contribution in [3.8, 4) is 5.75 Å². The van der Waals surface area contributed by atoms with E-state index in [2.05, 4.69) is 24.2 Å². The number of hydrogen-bond acceptors (Lipinski definition) is 3. The van der Waals surface area contributed by atoms with E-state index in [4.69, 9.17) is 4.74 Å². The van der Waals surface area contributed by atoms with Gasteiger partial charge >= 0.3 is 0 Å². The van der Waals surface area contributed by atoms with E-state index < -0.39 is 0 Å². The second-order valence-corrected chi connectivity index (χ2v) is 5.40. The van der Waals surface area contributed by atoms with Crippen molar-refractivity contribution in [3.63, 3.8) is 0 Å². The molecule has 0 unspecified atom stereocenters. The molecule has 1 aliphatic heterocycles. The number of nitrogens with zero attached hydrogens (tertiary/aromatic N) is 1. The van der Waals surface area contributed by atoms with Gasteiger partial charge in [0.05, 0.1) is 0 Å². The van der Waals surface area contributed by atoms with Crippen LogP contribution in [0.25, 0.3) is 0 Å². The highest BCUT2D eigenvalue weighted by Gasteiger charge is 2.18. The molecule has 20 heavy (non-hydrogen) atoms. The molecule has 4 heteroatoms. The molecule has 4 nitrogen and oxygen atoms in total. The summed E-state index contributed by atoms with van der Waals surface area (Å²) in [4.78, 5) is 14.2. The minimum absolute atomic E-state index is 0.0227. The molecule has 1 aromatic carbocycles. The van der Waals surface area contributed by atoms with Crippen LogP contribution >= 0.6 is 0 Å². The van der Waals surface area contributed by atoms with Crippen LogP contribution in [0.2, 0.25) is 0 Å². The van der Waals surface area contributed by atoms with Crippen LogP contribution in [0.1, 0.15) is 25.3 Å². The largest absolute Gasteiger partial charge is 0.483 e. The summed E-state index contributed by atoms with van der Waals surface area (Å²) < 4.78 is 5.63. The molecule has 1 fully saturated rings. The highest BCUT2D eigenvalue weighted by molar-refractivity contribution is 5.77. The van der Waals surface area contributed by atoms with E-state index in [1.165, 1.54) is 0 Å². The van der Waals surface area contributed by atoms with E-state index >= 15 is 0 Å². The summed E-state index contributed by atoms with van der Waals surface area (Å²) in [6, 6.07) is 8.17. The van der Waals surface area contributed by atoms with Gasteiger partial charge in [-0.3, -0.25) is 4.79 Å². The molecule has 2 rings (SSSR count). The molecule has 0 aromatic heterocycles. The van der Waals surface area contributed by atoms with Gasteiger partial charge in [0.15, 0.2) is 6.61 Å². The average Bonchev–Trinajstić information content (AvgIpc) is 2.48. The second kappa shape index (κ2) is 7.29. The van der Waals surface area contributed by atoms with Gasteiger partial charge in [-0.1, -0.05) is 25.1 Å². The Kier molecular flexibility index (Phi) is 5.41. The Morgan fingerprint density at radius 3 is 2.75 bits per heavy atom. The number of carbonyl (C=O) groups is 1. The van der Waals surface area contributed by atoms with Gasteiger partial charge in [0, 0.05) is 6.04 Å². The molecular formula is C16H24N2O2. The van der Waals surface area contributed by atoms with Crippen molar-refractivity contribution >= 4 is 5.91 Å². The van der Waals surface area contributed by atoms with Crippen LogP contribution in [0.3, 0.4) is 0 Å². The minimum Gasteiger partial charge on any atom is -0.483 e. The molecule has 1 amide bonds. The van der Waals surface area contributed by atoms with Gasteiger partial charge in [-0.2, -0.15) is 0 Å². The average molecular weight is 276 g/mol. The van der Waals surface area contributed by atoms with Crippen LogP contribution in [0, 0.1) is 0 Å². The molecule has 1 aliphatic rings. The number of nitrogens with one attached hydrogen (secondary N) is 1.